The maximum atomic E-state index is 11.4. The van der Waals surface area contributed by atoms with E-state index in [0.717, 1.165) is 5.57 Å². The quantitative estimate of drug-likeness (QED) is 0.555. The van der Waals surface area contributed by atoms with E-state index in [1.165, 1.54) is 12.1 Å². The molecule has 0 aromatic heterocycles. The second-order valence-corrected chi connectivity index (χ2v) is 3.10. The van der Waals surface area contributed by atoms with E-state index in [0.29, 0.717) is 5.56 Å². The Balaban J connectivity index is 3.03. The molecule has 1 aromatic carbocycles. The summed E-state index contributed by atoms with van der Waals surface area (Å²) < 4.78 is 0. The van der Waals surface area contributed by atoms with E-state index in [4.69, 9.17) is 0 Å². The minimum atomic E-state index is -0.155. The summed E-state index contributed by atoms with van der Waals surface area (Å²) in [5, 5.41) is 9.34. The molecule has 0 aliphatic rings. The summed E-state index contributed by atoms with van der Waals surface area (Å²) in [7, 11) is 0. The summed E-state index contributed by atoms with van der Waals surface area (Å²) in [5.74, 6) is -0.122. The summed E-state index contributed by atoms with van der Waals surface area (Å²) in [6.07, 6.45) is 1.51. The summed E-state index contributed by atoms with van der Waals surface area (Å²) >= 11 is 0. The van der Waals surface area contributed by atoms with E-state index < -0.39 is 0 Å². The zero-order valence-electron chi connectivity index (χ0n) is 7.74. The summed E-state index contributed by atoms with van der Waals surface area (Å²) in [6.45, 7) is 3.69. The molecule has 2 nitrogen and oxygen atoms in total. The molecular formula is C11H12O2. The zero-order chi connectivity index (χ0) is 9.84. The highest BCUT2D eigenvalue weighted by Crippen LogP contribution is 2.16. The number of allylic oxidation sites excluding steroid dienone is 2. The summed E-state index contributed by atoms with van der Waals surface area (Å²) in [6, 6.07) is 6.53. The largest absolute Gasteiger partial charge is 0.507 e. The van der Waals surface area contributed by atoms with Gasteiger partial charge in [-0.25, -0.2) is 0 Å². The van der Waals surface area contributed by atoms with Crippen molar-refractivity contribution < 1.29 is 9.90 Å². The van der Waals surface area contributed by atoms with E-state index >= 15 is 0 Å². The van der Waals surface area contributed by atoms with Crippen LogP contribution < -0.4 is 0 Å². The Labute approximate surface area is 77.5 Å². The van der Waals surface area contributed by atoms with Crippen molar-refractivity contribution in [2.75, 3.05) is 0 Å². The van der Waals surface area contributed by atoms with Gasteiger partial charge in [0.15, 0.2) is 5.78 Å². The number of hydrogen-bond donors (Lipinski definition) is 1. The third-order valence-corrected chi connectivity index (χ3v) is 1.59. The van der Waals surface area contributed by atoms with E-state index in [2.05, 4.69) is 0 Å². The molecule has 0 amide bonds. The lowest BCUT2D eigenvalue weighted by Gasteiger charge is -1.99. The van der Waals surface area contributed by atoms with Gasteiger partial charge in [-0.15, -0.1) is 0 Å². The van der Waals surface area contributed by atoms with Gasteiger partial charge in [-0.05, 0) is 32.1 Å². The van der Waals surface area contributed by atoms with Crippen molar-refractivity contribution >= 4 is 5.78 Å². The number of carbonyl (C=O) groups is 1. The molecule has 0 aliphatic carbocycles. The topological polar surface area (TPSA) is 37.3 Å². The molecule has 0 radical (unpaired) electrons. The first kappa shape index (κ1) is 9.52. The van der Waals surface area contributed by atoms with Crippen LogP contribution in [0.2, 0.25) is 0 Å². The van der Waals surface area contributed by atoms with Crippen molar-refractivity contribution in [3.63, 3.8) is 0 Å². The van der Waals surface area contributed by atoms with Crippen molar-refractivity contribution in [3.8, 4) is 5.75 Å². The van der Waals surface area contributed by atoms with Gasteiger partial charge in [0.05, 0.1) is 5.56 Å². The molecular weight excluding hydrogens is 164 g/mol. The van der Waals surface area contributed by atoms with Crippen molar-refractivity contribution in [1.82, 2.24) is 0 Å². The number of aromatic hydroxyl groups is 1. The van der Waals surface area contributed by atoms with Crippen LogP contribution in [-0.2, 0) is 0 Å². The standard InChI is InChI=1S/C11H12O2/c1-8(2)7-11(13)9-5-3-4-6-10(9)12/h3-7,12H,1-2H3. The highest BCUT2D eigenvalue weighted by molar-refractivity contribution is 6.06. The molecule has 0 saturated carbocycles. The van der Waals surface area contributed by atoms with Crippen LogP contribution in [0.15, 0.2) is 35.9 Å². The lowest BCUT2D eigenvalue weighted by Crippen LogP contribution is -1.94. The third kappa shape index (κ3) is 2.44. The molecule has 68 valence electrons. The zero-order valence-corrected chi connectivity index (χ0v) is 7.74. The molecule has 0 atom stereocenters. The molecule has 2 heteroatoms. The number of phenols is 1. The van der Waals surface area contributed by atoms with Crippen LogP contribution >= 0.6 is 0 Å². The highest BCUT2D eigenvalue weighted by atomic mass is 16.3. The van der Waals surface area contributed by atoms with Gasteiger partial charge in [0, 0.05) is 0 Å². The highest BCUT2D eigenvalue weighted by Gasteiger charge is 2.06. The van der Waals surface area contributed by atoms with Crippen LogP contribution in [0.4, 0.5) is 0 Å². The number of benzene rings is 1. The molecule has 13 heavy (non-hydrogen) atoms. The lowest BCUT2D eigenvalue weighted by atomic mass is 10.1. The number of hydrogen-bond acceptors (Lipinski definition) is 2. The van der Waals surface area contributed by atoms with Crippen LogP contribution in [0.3, 0.4) is 0 Å². The summed E-state index contributed by atoms with van der Waals surface area (Å²) in [4.78, 5) is 11.4. The molecule has 0 unspecified atom stereocenters. The smallest absolute Gasteiger partial charge is 0.189 e. The predicted octanol–water partition coefficient (Wildman–Crippen LogP) is 2.54. The molecule has 1 aromatic rings. The molecule has 0 saturated heterocycles. The van der Waals surface area contributed by atoms with Gasteiger partial charge < -0.3 is 5.11 Å². The maximum absolute atomic E-state index is 11.4. The van der Waals surface area contributed by atoms with Gasteiger partial charge in [-0.3, -0.25) is 4.79 Å². The minimum Gasteiger partial charge on any atom is -0.507 e. The molecule has 0 aliphatic heterocycles. The van der Waals surface area contributed by atoms with Gasteiger partial charge in [0.2, 0.25) is 0 Å². The fraction of sp³-hybridized carbons (Fsp3) is 0.182. The Morgan fingerprint density at radius 3 is 2.46 bits per heavy atom. The van der Waals surface area contributed by atoms with Crippen LogP contribution in [0.5, 0.6) is 5.75 Å². The van der Waals surface area contributed by atoms with Gasteiger partial charge >= 0.3 is 0 Å². The predicted molar refractivity (Wildman–Crippen MR) is 51.9 cm³/mol. The third-order valence-electron chi connectivity index (χ3n) is 1.59. The molecule has 1 N–H and O–H groups in total. The first-order valence-electron chi connectivity index (χ1n) is 4.08. The maximum Gasteiger partial charge on any atom is 0.189 e. The van der Waals surface area contributed by atoms with Gasteiger partial charge in [0.1, 0.15) is 5.75 Å². The molecule has 1 rings (SSSR count). The van der Waals surface area contributed by atoms with Crippen LogP contribution in [0, 0.1) is 0 Å². The van der Waals surface area contributed by atoms with Crippen molar-refractivity contribution in [2.24, 2.45) is 0 Å². The molecule has 0 fully saturated rings. The van der Waals surface area contributed by atoms with Gasteiger partial charge in [-0.1, -0.05) is 17.7 Å². The normalized spacial score (nSPS) is 9.38. The second kappa shape index (κ2) is 3.90. The summed E-state index contributed by atoms with van der Waals surface area (Å²) in [5.41, 5.74) is 1.27. The average Bonchev–Trinajstić information content (AvgIpc) is 2.03. The van der Waals surface area contributed by atoms with E-state index in [1.807, 2.05) is 13.8 Å². The number of rotatable bonds is 2. The Kier molecular flexibility index (Phi) is 2.85. The number of ketones is 1. The van der Waals surface area contributed by atoms with Gasteiger partial charge in [0.25, 0.3) is 0 Å². The lowest BCUT2D eigenvalue weighted by molar-refractivity contribution is 0.104. The van der Waals surface area contributed by atoms with E-state index in [1.54, 1.807) is 18.2 Å². The monoisotopic (exact) mass is 176 g/mol. The molecule has 0 bridgehead atoms. The molecule has 0 heterocycles. The number of para-hydroxylation sites is 1. The van der Waals surface area contributed by atoms with Crippen molar-refractivity contribution in [2.45, 2.75) is 13.8 Å². The van der Waals surface area contributed by atoms with Crippen LogP contribution in [0.1, 0.15) is 24.2 Å². The Bertz CT molecular complexity index is 347. The minimum absolute atomic E-state index is 0.0324. The first-order chi connectivity index (χ1) is 6.11. The molecule has 0 spiro atoms. The van der Waals surface area contributed by atoms with Crippen molar-refractivity contribution in [1.29, 1.82) is 0 Å². The fourth-order valence-corrected chi connectivity index (χ4v) is 1.02. The van der Waals surface area contributed by atoms with Crippen molar-refractivity contribution in [3.05, 3.63) is 41.5 Å². The number of carbonyl (C=O) groups excluding carboxylic acids is 1. The van der Waals surface area contributed by atoms with Crippen LogP contribution in [0.25, 0.3) is 0 Å². The SMILES string of the molecule is CC(C)=CC(=O)c1ccccc1O. The van der Waals surface area contributed by atoms with Gasteiger partial charge in [-0.2, -0.15) is 0 Å². The Morgan fingerprint density at radius 1 is 1.31 bits per heavy atom. The average molecular weight is 176 g/mol. The van der Waals surface area contributed by atoms with E-state index in [9.17, 15) is 9.90 Å². The first-order valence-corrected chi connectivity index (χ1v) is 4.08. The second-order valence-electron chi connectivity index (χ2n) is 3.10. The fourth-order valence-electron chi connectivity index (χ4n) is 1.02. The number of phenolic OH excluding ortho intramolecular Hbond substituents is 1. The Hall–Kier alpha value is -1.57. The van der Waals surface area contributed by atoms with E-state index in [-0.39, 0.29) is 11.5 Å². The van der Waals surface area contributed by atoms with Crippen LogP contribution in [-0.4, -0.2) is 10.9 Å². The Morgan fingerprint density at radius 2 is 1.92 bits per heavy atom.